The number of aromatic nitrogens is 1. The molecule has 2 amide bonds. The Kier molecular flexibility index (Phi) is 5.11. The molecule has 0 unspecified atom stereocenters. The predicted molar refractivity (Wildman–Crippen MR) is 102 cm³/mol. The van der Waals surface area contributed by atoms with Crippen LogP contribution in [0.2, 0.25) is 0 Å². The van der Waals surface area contributed by atoms with E-state index < -0.39 is 0 Å². The van der Waals surface area contributed by atoms with Gasteiger partial charge in [-0.05, 0) is 22.8 Å². The van der Waals surface area contributed by atoms with Crippen molar-refractivity contribution in [3.8, 4) is 11.1 Å². The van der Waals surface area contributed by atoms with E-state index in [-0.39, 0.29) is 49.6 Å². The highest BCUT2D eigenvalue weighted by molar-refractivity contribution is 5.88. The summed E-state index contributed by atoms with van der Waals surface area (Å²) in [6.07, 6.45) is 3.55. The third-order valence-electron chi connectivity index (χ3n) is 5.66. The molecule has 28 heavy (non-hydrogen) atoms. The second-order valence-corrected chi connectivity index (χ2v) is 7.22. The van der Waals surface area contributed by atoms with E-state index in [1.54, 1.807) is 16.0 Å². The monoisotopic (exact) mass is 381 g/mol. The lowest BCUT2D eigenvalue weighted by atomic mass is 9.73. The molecule has 2 saturated heterocycles. The van der Waals surface area contributed by atoms with Crippen molar-refractivity contribution in [2.45, 2.75) is 18.0 Å². The minimum Gasteiger partial charge on any atom is -0.394 e. The number of methoxy groups -OCH3 is 1. The predicted octanol–water partition coefficient (Wildman–Crippen LogP) is 0.893. The molecule has 2 aliphatic heterocycles. The van der Waals surface area contributed by atoms with Crippen LogP contribution < -0.4 is 0 Å². The van der Waals surface area contributed by atoms with Crippen LogP contribution in [0.4, 0.5) is 0 Å². The number of nitrogens with zero attached hydrogens (tertiary/aromatic N) is 3. The van der Waals surface area contributed by atoms with Gasteiger partial charge >= 0.3 is 0 Å². The largest absolute Gasteiger partial charge is 0.394 e. The van der Waals surface area contributed by atoms with E-state index in [0.717, 1.165) is 16.7 Å². The molecule has 1 N–H and O–H groups in total. The summed E-state index contributed by atoms with van der Waals surface area (Å²) in [6.45, 7) is 0.374. The fraction of sp³-hybridized carbons (Fsp3) is 0.381. The number of rotatable bonds is 5. The van der Waals surface area contributed by atoms with Crippen LogP contribution in [0.15, 0.2) is 48.8 Å². The second-order valence-electron chi connectivity index (χ2n) is 7.22. The van der Waals surface area contributed by atoms with Gasteiger partial charge < -0.3 is 19.6 Å². The van der Waals surface area contributed by atoms with E-state index in [1.807, 2.05) is 42.6 Å². The Labute approximate surface area is 163 Å². The Hall–Kier alpha value is -2.77. The van der Waals surface area contributed by atoms with Gasteiger partial charge in [-0.2, -0.15) is 0 Å². The van der Waals surface area contributed by atoms with E-state index in [4.69, 9.17) is 4.74 Å². The Morgan fingerprint density at radius 1 is 1.25 bits per heavy atom. The van der Waals surface area contributed by atoms with Gasteiger partial charge in [-0.15, -0.1) is 0 Å². The second kappa shape index (κ2) is 7.69. The Balaban J connectivity index is 1.56. The molecule has 2 fully saturated rings. The van der Waals surface area contributed by atoms with Gasteiger partial charge in [0.25, 0.3) is 0 Å². The zero-order valence-electron chi connectivity index (χ0n) is 15.7. The Morgan fingerprint density at radius 3 is 2.68 bits per heavy atom. The third-order valence-corrected chi connectivity index (χ3v) is 5.66. The van der Waals surface area contributed by atoms with Crippen LogP contribution >= 0.6 is 0 Å². The molecule has 0 aliphatic carbocycles. The first kappa shape index (κ1) is 18.6. The summed E-state index contributed by atoms with van der Waals surface area (Å²) >= 11 is 0. The number of ether oxygens (including phenoxy) is 1. The number of fused-ring (bicyclic) bond motifs is 1. The number of hydrogen-bond donors (Lipinski definition) is 1. The van der Waals surface area contributed by atoms with Crippen LogP contribution in [0.3, 0.4) is 0 Å². The number of benzene rings is 1. The molecule has 2 aliphatic rings. The van der Waals surface area contributed by atoms with Crippen LogP contribution in [-0.4, -0.2) is 77.2 Å². The molecule has 0 saturated carbocycles. The molecule has 2 aromatic rings. The number of aliphatic hydroxyl groups is 1. The quantitative estimate of drug-likeness (QED) is 0.832. The van der Waals surface area contributed by atoms with Crippen molar-refractivity contribution in [1.29, 1.82) is 0 Å². The molecule has 3 atom stereocenters. The van der Waals surface area contributed by atoms with E-state index in [2.05, 4.69) is 4.98 Å². The standard InChI is InChI=1S/C21H23N3O4/c1-28-13-20(27)23-10-17-21(18(12-25)24(17)19(26)11-23)15-6-4-14(5-7-15)16-3-2-8-22-9-16/h2-9,17-18,21,25H,10-13H2,1H3/t17-,18-,21+/m0/s1. The number of carbonyl (C=O) groups is 2. The fourth-order valence-corrected chi connectivity index (χ4v) is 4.34. The van der Waals surface area contributed by atoms with Gasteiger partial charge in [0, 0.05) is 32.0 Å². The van der Waals surface area contributed by atoms with Gasteiger partial charge in [0.1, 0.15) is 6.61 Å². The molecule has 0 radical (unpaired) electrons. The maximum absolute atomic E-state index is 12.5. The minimum absolute atomic E-state index is 0.00459. The minimum atomic E-state index is -0.249. The van der Waals surface area contributed by atoms with E-state index in [0.29, 0.717) is 6.54 Å². The van der Waals surface area contributed by atoms with E-state index >= 15 is 0 Å². The van der Waals surface area contributed by atoms with Crippen molar-refractivity contribution in [3.05, 3.63) is 54.4 Å². The molecule has 1 aromatic heterocycles. The SMILES string of the molecule is COCC(=O)N1CC(=O)N2[C@@H](CO)[C@H](c3ccc(-c4cccnc4)cc3)[C@@H]2C1. The smallest absolute Gasteiger partial charge is 0.249 e. The van der Waals surface area contributed by atoms with Crippen molar-refractivity contribution in [2.24, 2.45) is 0 Å². The highest BCUT2D eigenvalue weighted by Crippen LogP contribution is 2.43. The molecule has 4 rings (SSSR count). The summed E-state index contributed by atoms with van der Waals surface area (Å²) in [5, 5.41) is 9.86. The Bertz CT molecular complexity index is 856. The normalized spacial score (nSPS) is 23.9. The van der Waals surface area contributed by atoms with Crippen LogP contribution in [0.1, 0.15) is 11.5 Å². The lowest BCUT2D eigenvalue weighted by Crippen LogP contribution is -2.73. The molecule has 0 bridgehead atoms. The summed E-state index contributed by atoms with van der Waals surface area (Å²) in [4.78, 5) is 32.2. The lowest BCUT2D eigenvalue weighted by molar-refractivity contribution is -0.168. The number of aliphatic hydroxyl groups excluding tert-OH is 1. The zero-order chi connectivity index (χ0) is 19.7. The van der Waals surface area contributed by atoms with E-state index in [1.165, 1.54) is 7.11 Å². The highest BCUT2D eigenvalue weighted by Gasteiger charge is 2.54. The number of piperazine rings is 1. The van der Waals surface area contributed by atoms with Gasteiger partial charge in [0.2, 0.25) is 11.8 Å². The van der Waals surface area contributed by atoms with Gasteiger partial charge in [-0.1, -0.05) is 30.3 Å². The van der Waals surface area contributed by atoms with Crippen molar-refractivity contribution < 1.29 is 19.4 Å². The topological polar surface area (TPSA) is 83.0 Å². The fourth-order valence-electron chi connectivity index (χ4n) is 4.34. The maximum atomic E-state index is 12.5. The number of amides is 2. The van der Waals surface area contributed by atoms with E-state index in [9.17, 15) is 14.7 Å². The third kappa shape index (κ3) is 3.16. The van der Waals surface area contributed by atoms with Crippen LogP contribution in [0.5, 0.6) is 0 Å². The molecule has 7 nitrogen and oxygen atoms in total. The molecule has 7 heteroatoms. The summed E-state index contributed by atoms with van der Waals surface area (Å²) in [5.74, 6) is -0.313. The van der Waals surface area contributed by atoms with Crippen LogP contribution in [0.25, 0.3) is 11.1 Å². The highest BCUT2D eigenvalue weighted by atomic mass is 16.5. The van der Waals surface area contributed by atoms with Crippen LogP contribution in [-0.2, 0) is 14.3 Å². The van der Waals surface area contributed by atoms with Gasteiger partial charge in [-0.25, -0.2) is 0 Å². The molecule has 3 heterocycles. The average molecular weight is 381 g/mol. The molecule has 0 spiro atoms. The molecule has 146 valence electrons. The maximum Gasteiger partial charge on any atom is 0.249 e. The lowest BCUT2D eigenvalue weighted by Gasteiger charge is -2.58. The first-order valence-electron chi connectivity index (χ1n) is 9.33. The van der Waals surface area contributed by atoms with Crippen molar-refractivity contribution in [1.82, 2.24) is 14.8 Å². The van der Waals surface area contributed by atoms with Crippen molar-refractivity contribution >= 4 is 11.8 Å². The summed E-state index contributed by atoms with van der Waals surface area (Å²) in [5.41, 5.74) is 3.15. The zero-order valence-corrected chi connectivity index (χ0v) is 15.7. The average Bonchev–Trinajstić information content (AvgIpc) is 2.71. The summed E-state index contributed by atoms with van der Waals surface area (Å²) in [7, 11) is 1.47. The molecular formula is C21H23N3O4. The van der Waals surface area contributed by atoms with Gasteiger partial charge in [0.05, 0.1) is 25.2 Å². The van der Waals surface area contributed by atoms with Crippen LogP contribution in [0, 0.1) is 0 Å². The van der Waals surface area contributed by atoms with Gasteiger partial charge in [-0.3, -0.25) is 14.6 Å². The van der Waals surface area contributed by atoms with Gasteiger partial charge in [0.15, 0.2) is 0 Å². The van der Waals surface area contributed by atoms with Crippen molar-refractivity contribution in [2.75, 3.05) is 33.4 Å². The Morgan fingerprint density at radius 2 is 2.04 bits per heavy atom. The number of carbonyl (C=O) groups excluding carboxylic acids is 2. The first-order chi connectivity index (χ1) is 13.6. The summed E-state index contributed by atoms with van der Waals surface area (Å²) < 4.78 is 4.92. The number of hydrogen-bond acceptors (Lipinski definition) is 5. The molecular weight excluding hydrogens is 358 g/mol. The van der Waals surface area contributed by atoms with Crippen molar-refractivity contribution in [3.63, 3.8) is 0 Å². The summed E-state index contributed by atoms with van der Waals surface area (Å²) in [6, 6.07) is 11.7. The molecule has 1 aromatic carbocycles. The number of pyridine rings is 1. The first-order valence-corrected chi connectivity index (χ1v) is 9.33.